The third-order valence-electron chi connectivity index (χ3n) is 4.23. The first-order valence-corrected chi connectivity index (χ1v) is 10.0. The van der Waals surface area contributed by atoms with Crippen LogP contribution in [0.15, 0.2) is 72.1 Å². The van der Waals surface area contributed by atoms with E-state index in [-0.39, 0.29) is 24.5 Å². The van der Waals surface area contributed by atoms with Crippen LogP contribution in [-0.4, -0.2) is 25.0 Å². The molecule has 144 valence electrons. The fraction of sp³-hybridized carbons (Fsp3) is 0.182. The van der Waals surface area contributed by atoms with Gasteiger partial charge >= 0.3 is 5.97 Å². The van der Waals surface area contributed by atoms with Gasteiger partial charge in [-0.1, -0.05) is 36.4 Å². The van der Waals surface area contributed by atoms with E-state index in [1.165, 1.54) is 4.88 Å². The summed E-state index contributed by atoms with van der Waals surface area (Å²) in [7, 11) is 0. The van der Waals surface area contributed by atoms with Gasteiger partial charge in [-0.05, 0) is 42.6 Å². The first-order valence-electron chi connectivity index (χ1n) is 9.16. The van der Waals surface area contributed by atoms with Crippen molar-refractivity contribution in [1.29, 1.82) is 0 Å². The molecule has 2 aromatic carbocycles. The van der Waals surface area contributed by atoms with Crippen molar-refractivity contribution >= 4 is 28.9 Å². The number of nitrogens with two attached hydrogens (primary N) is 1. The Bertz CT molecular complexity index is 893. The summed E-state index contributed by atoms with van der Waals surface area (Å²) in [6.45, 7) is 2.39. The number of hydrogen-bond acceptors (Lipinski definition) is 4. The van der Waals surface area contributed by atoms with Crippen LogP contribution in [0.1, 0.15) is 33.8 Å². The number of carbonyl (C=O) groups excluding carboxylic acids is 2. The molecule has 0 unspecified atom stereocenters. The molecular formula is C22H23N2O3S+. The number of thiophene rings is 1. The number of benzene rings is 2. The molecule has 0 radical (unpaired) electrons. The molecule has 28 heavy (non-hydrogen) atoms. The average molecular weight is 396 g/mol. The molecule has 0 fully saturated rings. The lowest BCUT2D eigenvalue weighted by atomic mass is 10.1. The van der Waals surface area contributed by atoms with Crippen molar-refractivity contribution in [3.8, 4) is 0 Å². The molecule has 1 aromatic heterocycles. The smallest absolute Gasteiger partial charge is 0.338 e. The zero-order valence-electron chi connectivity index (χ0n) is 15.6. The van der Waals surface area contributed by atoms with Crippen LogP contribution in [0.5, 0.6) is 0 Å². The second-order valence-corrected chi connectivity index (χ2v) is 7.17. The molecule has 5 nitrogen and oxygen atoms in total. The molecule has 3 rings (SSSR count). The van der Waals surface area contributed by atoms with Gasteiger partial charge in [0.05, 0.1) is 17.0 Å². The van der Waals surface area contributed by atoms with Crippen molar-refractivity contribution in [2.45, 2.75) is 13.0 Å². The SMILES string of the molecule is CCOC(=O)c1ccc(NC(=O)C[NH2+][C@@H](c2ccccc2)c2cccs2)cc1. The number of rotatable bonds is 8. The fourth-order valence-electron chi connectivity index (χ4n) is 2.89. The summed E-state index contributed by atoms with van der Waals surface area (Å²) in [5.74, 6) is -0.461. The van der Waals surface area contributed by atoms with E-state index in [0.717, 1.165) is 5.56 Å². The average Bonchev–Trinajstić information content (AvgIpc) is 3.24. The van der Waals surface area contributed by atoms with Crippen LogP contribution < -0.4 is 10.6 Å². The Morgan fingerprint density at radius 2 is 1.79 bits per heavy atom. The summed E-state index contributed by atoms with van der Waals surface area (Å²) in [5.41, 5.74) is 2.28. The van der Waals surface area contributed by atoms with Crippen molar-refractivity contribution in [3.63, 3.8) is 0 Å². The zero-order chi connectivity index (χ0) is 19.8. The number of amides is 1. The number of ether oxygens (including phenoxy) is 1. The van der Waals surface area contributed by atoms with E-state index < -0.39 is 0 Å². The predicted molar refractivity (Wildman–Crippen MR) is 110 cm³/mol. The highest BCUT2D eigenvalue weighted by atomic mass is 32.1. The zero-order valence-corrected chi connectivity index (χ0v) is 16.4. The third kappa shape index (κ3) is 5.28. The highest BCUT2D eigenvalue weighted by molar-refractivity contribution is 7.10. The van der Waals surface area contributed by atoms with Gasteiger partial charge in [-0.3, -0.25) is 4.79 Å². The van der Waals surface area contributed by atoms with Crippen molar-refractivity contribution in [2.75, 3.05) is 18.5 Å². The van der Waals surface area contributed by atoms with Crippen LogP contribution in [0.2, 0.25) is 0 Å². The topological polar surface area (TPSA) is 72.0 Å². The number of hydrogen-bond donors (Lipinski definition) is 2. The van der Waals surface area contributed by atoms with E-state index in [2.05, 4.69) is 23.5 Å². The lowest BCUT2D eigenvalue weighted by Crippen LogP contribution is -2.87. The van der Waals surface area contributed by atoms with Gasteiger partial charge in [0.25, 0.3) is 5.91 Å². The molecule has 0 saturated heterocycles. The normalized spacial score (nSPS) is 11.6. The molecule has 1 heterocycles. The molecule has 1 amide bonds. The molecule has 6 heteroatoms. The predicted octanol–water partition coefficient (Wildman–Crippen LogP) is 3.22. The molecule has 3 aromatic rings. The van der Waals surface area contributed by atoms with Gasteiger partial charge in [-0.25, -0.2) is 4.79 Å². The molecule has 0 bridgehead atoms. The molecule has 0 saturated carbocycles. The highest BCUT2D eigenvalue weighted by Gasteiger charge is 2.19. The van der Waals surface area contributed by atoms with E-state index in [1.54, 1.807) is 42.5 Å². The Balaban J connectivity index is 1.60. The van der Waals surface area contributed by atoms with E-state index in [4.69, 9.17) is 4.74 Å². The van der Waals surface area contributed by atoms with Crippen molar-refractivity contribution in [2.24, 2.45) is 0 Å². The Morgan fingerprint density at radius 1 is 1.04 bits per heavy atom. The maximum absolute atomic E-state index is 12.4. The second-order valence-electron chi connectivity index (χ2n) is 6.19. The summed E-state index contributed by atoms with van der Waals surface area (Å²) >= 11 is 1.68. The summed E-state index contributed by atoms with van der Waals surface area (Å²) in [5, 5.41) is 6.95. The number of nitrogens with one attached hydrogen (secondary N) is 1. The number of anilines is 1. The molecule has 0 spiro atoms. The van der Waals surface area contributed by atoms with Gasteiger partial charge in [0, 0.05) is 11.3 Å². The first-order chi connectivity index (χ1) is 13.7. The molecular weight excluding hydrogens is 372 g/mol. The fourth-order valence-corrected chi connectivity index (χ4v) is 3.74. The maximum Gasteiger partial charge on any atom is 0.338 e. The summed E-state index contributed by atoms with van der Waals surface area (Å²) in [6, 6.07) is 21.1. The van der Waals surface area contributed by atoms with Crippen molar-refractivity contribution in [3.05, 3.63) is 88.1 Å². The van der Waals surface area contributed by atoms with Crippen LogP contribution in [0, 0.1) is 0 Å². The molecule has 0 aliphatic heterocycles. The minimum absolute atomic E-state index is 0.0816. The maximum atomic E-state index is 12.4. The largest absolute Gasteiger partial charge is 0.462 e. The van der Waals surface area contributed by atoms with E-state index in [1.807, 2.05) is 35.0 Å². The molecule has 3 N–H and O–H groups in total. The Hall–Kier alpha value is -2.96. The van der Waals surface area contributed by atoms with Gasteiger partial charge in [-0.2, -0.15) is 0 Å². The van der Waals surface area contributed by atoms with E-state index in [0.29, 0.717) is 17.9 Å². The van der Waals surface area contributed by atoms with Crippen LogP contribution in [0.4, 0.5) is 5.69 Å². The second kappa shape index (κ2) is 9.82. The van der Waals surface area contributed by atoms with Gasteiger partial charge in [0.2, 0.25) is 0 Å². The number of quaternary nitrogens is 1. The van der Waals surface area contributed by atoms with E-state index >= 15 is 0 Å². The Labute approximate surface area is 168 Å². The van der Waals surface area contributed by atoms with Crippen LogP contribution in [0.3, 0.4) is 0 Å². The van der Waals surface area contributed by atoms with Crippen LogP contribution >= 0.6 is 11.3 Å². The summed E-state index contributed by atoms with van der Waals surface area (Å²) in [4.78, 5) is 25.3. The molecule has 0 aliphatic rings. The van der Waals surface area contributed by atoms with E-state index in [9.17, 15) is 9.59 Å². The molecule has 0 aliphatic carbocycles. The minimum atomic E-state index is -0.365. The lowest BCUT2D eigenvalue weighted by molar-refractivity contribution is -0.675. The summed E-state index contributed by atoms with van der Waals surface area (Å²) in [6.07, 6.45) is 0. The van der Waals surface area contributed by atoms with Gasteiger partial charge < -0.3 is 15.4 Å². The number of esters is 1. The van der Waals surface area contributed by atoms with Crippen LogP contribution in [0.25, 0.3) is 0 Å². The standard InChI is InChI=1S/C22H22N2O3S/c1-2-27-22(26)17-10-12-18(13-11-17)24-20(25)15-23-21(19-9-6-14-28-19)16-7-4-3-5-8-16/h3-14,21,23H,2,15H2,1H3,(H,24,25)/p+1/t21-/m0/s1. The first kappa shape index (κ1) is 19.8. The summed E-state index contributed by atoms with van der Waals surface area (Å²) < 4.78 is 4.96. The molecule has 1 atom stereocenters. The third-order valence-corrected chi connectivity index (χ3v) is 5.18. The monoisotopic (exact) mass is 395 g/mol. The van der Waals surface area contributed by atoms with Gasteiger partial charge in [0.1, 0.15) is 6.04 Å². The van der Waals surface area contributed by atoms with Crippen molar-refractivity contribution < 1.29 is 19.6 Å². The van der Waals surface area contributed by atoms with Crippen LogP contribution in [-0.2, 0) is 9.53 Å². The van der Waals surface area contributed by atoms with Gasteiger partial charge in [0.15, 0.2) is 6.54 Å². The van der Waals surface area contributed by atoms with Crippen molar-refractivity contribution in [1.82, 2.24) is 0 Å². The Kier molecular flexibility index (Phi) is 6.94. The highest BCUT2D eigenvalue weighted by Crippen LogP contribution is 2.22. The lowest BCUT2D eigenvalue weighted by Gasteiger charge is -2.14. The number of carbonyl (C=O) groups is 2. The minimum Gasteiger partial charge on any atom is -0.462 e. The Morgan fingerprint density at radius 3 is 2.43 bits per heavy atom. The van der Waals surface area contributed by atoms with Gasteiger partial charge in [-0.15, -0.1) is 11.3 Å². The quantitative estimate of drug-likeness (QED) is 0.575.